The van der Waals surface area contributed by atoms with E-state index in [-0.39, 0.29) is 41.9 Å². The normalized spacial score (nSPS) is 22.3. The zero-order chi connectivity index (χ0) is 21.4. The van der Waals surface area contributed by atoms with Crippen LogP contribution in [0.1, 0.15) is 40.0 Å². The van der Waals surface area contributed by atoms with Gasteiger partial charge in [0.15, 0.2) is 0 Å². The number of rotatable bonds is 8. The van der Waals surface area contributed by atoms with Crippen LogP contribution in [0.4, 0.5) is 0 Å². The van der Waals surface area contributed by atoms with Crippen LogP contribution in [0.15, 0.2) is 23.5 Å². The third kappa shape index (κ3) is 7.49. The summed E-state index contributed by atoms with van der Waals surface area (Å²) in [4.78, 5) is 25.7. The molecule has 1 amide bonds. The first-order chi connectivity index (χ1) is 13.8. The summed E-state index contributed by atoms with van der Waals surface area (Å²) in [6.07, 6.45) is 5.93. The molecule has 2 aliphatic rings. The fourth-order valence-electron chi connectivity index (χ4n) is 3.22. The Labute approximate surface area is 173 Å². The van der Waals surface area contributed by atoms with Crippen molar-refractivity contribution >= 4 is 19.0 Å². The highest BCUT2D eigenvalue weighted by atomic mass is 16.5. The first-order valence-electron chi connectivity index (χ1n) is 10.4. The van der Waals surface area contributed by atoms with E-state index in [1.807, 2.05) is 19.9 Å². The van der Waals surface area contributed by atoms with E-state index >= 15 is 0 Å². The number of hydrogen-bond acceptors (Lipinski definition) is 6. The van der Waals surface area contributed by atoms with Crippen molar-refractivity contribution in [1.29, 1.82) is 0 Å². The quantitative estimate of drug-likeness (QED) is 0.522. The van der Waals surface area contributed by atoms with Crippen molar-refractivity contribution in [2.24, 2.45) is 5.92 Å². The number of nitrogens with zero attached hydrogens (tertiary/aromatic N) is 1. The summed E-state index contributed by atoms with van der Waals surface area (Å²) in [5.74, 6) is -0.701. The Bertz CT molecular complexity index is 632. The molecule has 2 rings (SSSR count). The Morgan fingerprint density at radius 3 is 2.83 bits per heavy atom. The van der Waals surface area contributed by atoms with E-state index in [4.69, 9.17) is 9.39 Å². The van der Waals surface area contributed by atoms with Crippen molar-refractivity contribution in [3.63, 3.8) is 0 Å². The molecule has 2 aliphatic heterocycles. The number of nitrogens with one attached hydrogen (secondary N) is 1. The van der Waals surface area contributed by atoms with E-state index in [0.29, 0.717) is 25.8 Å². The predicted molar refractivity (Wildman–Crippen MR) is 110 cm³/mol. The number of carbonyl (C=O) groups excluding carboxylic acids is 1. The number of ether oxygens (including phenoxy) is 1. The van der Waals surface area contributed by atoms with Crippen molar-refractivity contribution < 1.29 is 29.1 Å². The van der Waals surface area contributed by atoms with E-state index in [1.165, 1.54) is 0 Å². The van der Waals surface area contributed by atoms with Gasteiger partial charge in [0.1, 0.15) is 17.4 Å². The molecule has 0 aromatic heterocycles. The molecule has 8 nitrogen and oxygen atoms in total. The summed E-state index contributed by atoms with van der Waals surface area (Å²) in [6, 6.07) is 0.120. The first-order valence-corrected chi connectivity index (χ1v) is 10.4. The minimum absolute atomic E-state index is 0.0310. The first kappa shape index (κ1) is 23.4. The monoisotopic (exact) mass is 408 g/mol. The summed E-state index contributed by atoms with van der Waals surface area (Å²) in [5, 5.41) is 22.7. The second kappa shape index (κ2) is 11.4. The molecule has 0 aromatic rings. The minimum atomic E-state index is -1.15. The Balaban J connectivity index is 1.96. The standard InChI is InChI=1S/C20H33BN2O6/c1-4-9-22-15(3)10-19(24)23-11-16(12-23)29-18-6-5-14(2)7-8-21(27)28-13-17(18)20(25)26/h5-6,14-16,22,27H,4,7-13H2,1-3H3,(H,25,26). The van der Waals surface area contributed by atoms with E-state index < -0.39 is 13.1 Å². The van der Waals surface area contributed by atoms with Crippen molar-refractivity contribution in [3.05, 3.63) is 23.5 Å². The molecule has 0 aromatic carbocycles. The maximum atomic E-state index is 12.3. The van der Waals surface area contributed by atoms with Crippen molar-refractivity contribution in [2.75, 3.05) is 26.2 Å². The van der Waals surface area contributed by atoms with Gasteiger partial charge in [0.2, 0.25) is 5.91 Å². The summed E-state index contributed by atoms with van der Waals surface area (Å²) in [7, 11) is -1.00. The number of hydrogen-bond donors (Lipinski definition) is 3. The van der Waals surface area contributed by atoms with Crippen LogP contribution in [0, 0.1) is 5.92 Å². The van der Waals surface area contributed by atoms with Crippen LogP contribution in [0.5, 0.6) is 0 Å². The van der Waals surface area contributed by atoms with Crippen LogP contribution in [0.3, 0.4) is 0 Å². The molecule has 2 atom stereocenters. The molecular formula is C20H33BN2O6. The Morgan fingerprint density at radius 2 is 2.17 bits per heavy atom. The number of carboxylic acids is 1. The van der Waals surface area contributed by atoms with Gasteiger partial charge in [-0.2, -0.15) is 0 Å². The minimum Gasteiger partial charge on any atom is -0.486 e. The predicted octanol–water partition coefficient (Wildman–Crippen LogP) is 1.42. The van der Waals surface area contributed by atoms with Crippen LogP contribution >= 0.6 is 0 Å². The van der Waals surface area contributed by atoms with Crippen molar-refractivity contribution in [3.8, 4) is 0 Å². The van der Waals surface area contributed by atoms with Gasteiger partial charge in [-0.05, 0) is 44.6 Å². The molecular weight excluding hydrogens is 375 g/mol. The van der Waals surface area contributed by atoms with Crippen LogP contribution < -0.4 is 5.32 Å². The Hall–Kier alpha value is -1.84. The van der Waals surface area contributed by atoms with Gasteiger partial charge in [0, 0.05) is 12.5 Å². The van der Waals surface area contributed by atoms with Gasteiger partial charge < -0.3 is 29.7 Å². The van der Waals surface area contributed by atoms with E-state index in [9.17, 15) is 19.7 Å². The lowest BCUT2D eigenvalue weighted by molar-refractivity contribution is -0.143. The zero-order valence-corrected chi connectivity index (χ0v) is 17.6. The third-order valence-electron chi connectivity index (χ3n) is 5.14. The van der Waals surface area contributed by atoms with Gasteiger partial charge in [-0.3, -0.25) is 4.79 Å². The zero-order valence-electron chi connectivity index (χ0n) is 17.6. The van der Waals surface area contributed by atoms with Gasteiger partial charge in [-0.1, -0.05) is 19.9 Å². The Morgan fingerprint density at radius 1 is 1.45 bits per heavy atom. The molecule has 162 valence electrons. The highest BCUT2D eigenvalue weighted by Gasteiger charge is 2.34. The average Bonchev–Trinajstić information content (AvgIpc) is 2.63. The number of carboxylic acid groups (broad SMARTS) is 1. The fourth-order valence-corrected chi connectivity index (χ4v) is 3.22. The second-order valence-corrected chi connectivity index (χ2v) is 7.93. The van der Waals surface area contributed by atoms with Gasteiger partial charge in [0.05, 0.1) is 19.7 Å². The van der Waals surface area contributed by atoms with Gasteiger partial charge >= 0.3 is 13.1 Å². The van der Waals surface area contributed by atoms with Crippen LogP contribution in [-0.2, 0) is 19.0 Å². The van der Waals surface area contributed by atoms with Gasteiger partial charge in [0.25, 0.3) is 0 Å². The molecule has 2 heterocycles. The molecule has 1 saturated heterocycles. The SMILES string of the molecule is CCCNC(C)CC(=O)N1CC(OC2=C(C(=O)O)COB(O)CCC(C)C=C2)C1. The molecule has 2 unspecified atom stereocenters. The lowest BCUT2D eigenvalue weighted by Crippen LogP contribution is -2.55. The van der Waals surface area contributed by atoms with Gasteiger partial charge in [-0.15, -0.1) is 0 Å². The third-order valence-corrected chi connectivity index (χ3v) is 5.14. The lowest BCUT2D eigenvalue weighted by Gasteiger charge is -2.40. The molecule has 0 spiro atoms. The maximum Gasteiger partial charge on any atom is 0.454 e. The van der Waals surface area contributed by atoms with E-state index in [1.54, 1.807) is 11.0 Å². The highest BCUT2D eigenvalue weighted by molar-refractivity contribution is 6.42. The molecule has 0 saturated carbocycles. The second-order valence-electron chi connectivity index (χ2n) is 7.93. The molecule has 3 N–H and O–H groups in total. The van der Waals surface area contributed by atoms with Crippen LogP contribution in [0.2, 0.25) is 6.32 Å². The lowest BCUT2D eigenvalue weighted by atomic mass is 9.80. The average molecular weight is 408 g/mol. The van der Waals surface area contributed by atoms with E-state index in [2.05, 4.69) is 12.2 Å². The summed E-state index contributed by atoms with van der Waals surface area (Å²) in [5.41, 5.74) is -0.0310. The molecule has 1 fully saturated rings. The number of aliphatic carboxylic acids is 1. The smallest absolute Gasteiger partial charge is 0.454 e. The molecule has 0 bridgehead atoms. The number of amides is 1. The molecule has 0 radical (unpaired) electrons. The van der Waals surface area contributed by atoms with Gasteiger partial charge in [-0.25, -0.2) is 4.79 Å². The number of allylic oxidation sites excluding steroid dienone is 2. The molecule has 29 heavy (non-hydrogen) atoms. The van der Waals surface area contributed by atoms with Crippen molar-refractivity contribution in [2.45, 2.75) is 58.5 Å². The highest BCUT2D eigenvalue weighted by Crippen LogP contribution is 2.22. The summed E-state index contributed by atoms with van der Waals surface area (Å²) in [6.45, 7) is 7.57. The van der Waals surface area contributed by atoms with Crippen LogP contribution in [-0.4, -0.2) is 72.4 Å². The number of carbonyl (C=O) groups is 2. The topological polar surface area (TPSA) is 108 Å². The molecule has 9 heteroatoms. The van der Waals surface area contributed by atoms with Crippen LogP contribution in [0.25, 0.3) is 0 Å². The maximum absolute atomic E-state index is 12.3. The number of likely N-dealkylation sites (tertiary alicyclic amines) is 1. The molecule has 0 aliphatic carbocycles. The largest absolute Gasteiger partial charge is 0.486 e. The summed E-state index contributed by atoms with van der Waals surface area (Å²) >= 11 is 0. The van der Waals surface area contributed by atoms with Crippen molar-refractivity contribution in [1.82, 2.24) is 10.2 Å². The fraction of sp³-hybridized carbons (Fsp3) is 0.700. The van der Waals surface area contributed by atoms with E-state index in [0.717, 1.165) is 19.4 Å². The summed E-state index contributed by atoms with van der Waals surface area (Å²) < 4.78 is 11.2. The Kier molecular flexibility index (Phi) is 9.20.